The van der Waals surface area contributed by atoms with E-state index in [0.29, 0.717) is 0 Å². The van der Waals surface area contributed by atoms with Crippen molar-refractivity contribution in [3.63, 3.8) is 0 Å². The third kappa shape index (κ3) is 3.37. The highest BCUT2D eigenvalue weighted by Crippen LogP contribution is 2.04. The van der Waals surface area contributed by atoms with Crippen LogP contribution >= 0.6 is 0 Å². The number of hydrogen-bond donors (Lipinski definition) is 1. The Kier molecular flexibility index (Phi) is 5.44. The minimum absolute atomic E-state index is 1.12. The van der Waals surface area contributed by atoms with Gasteiger partial charge < -0.3 is 0 Å². The molecule has 0 fully saturated rings. The van der Waals surface area contributed by atoms with E-state index in [1.807, 2.05) is 0 Å². The van der Waals surface area contributed by atoms with Gasteiger partial charge in [0.2, 0.25) is 6.33 Å². The molecule has 0 spiro atoms. The molecule has 0 saturated carbocycles. The minimum atomic E-state index is 1.12. The summed E-state index contributed by atoms with van der Waals surface area (Å²) in [6.07, 6.45) is 9.76. The van der Waals surface area contributed by atoms with E-state index in [4.69, 9.17) is 0 Å². The van der Waals surface area contributed by atoms with Gasteiger partial charge in [0.15, 0.2) is 0 Å². The maximum Gasteiger partial charge on any atom is 0.241 e. The summed E-state index contributed by atoms with van der Waals surface area (Å²) in [5.41, 5.74) is 2.90. The molecule has 0 atom stereocenters. The maximum atomic E-state index is 3.38. The molecule has 0 radical (unpaired) electrons. The molecular formula is C13H25N2+. The molecule has 0 aliphatic rings. The van der Waals surface area contributed by atoms with Crippen LogP contribution in [0.5, 0.6) is 0 Å². The van der Waals surface area contributed by atoms with Gasteiger partial charge in [0.25, 0.3) is 0 Å². The number of nitrogens with one attached hydrogen (secondary N) is 1. The van der Waals surface area contributed by atoms with E-state index in [1.54, 1.807) is 0 Å². The molecule has 1 aromatic heterocycles. The van der Waals surface area contributed by atoms with Crippen LogP contribution in [-0.2, 0) is 19.4 Å². The molecule has 0 aliphatic heterocycles. The fourth-order valence-electron chi connectivity index (χ4n) is 2.12. The Labute approximate surface area is 93.7 Å². The number of aryl methyl sites for hydroxylation is 2. The lowest BCUT2D eigenvalue weighted by molar-refractivity contribution is -0.703. The van der Waals surface area contributed by atoms with Gasteiger partial charge in [-0.3, -0.25) is 0 Å². The summed E-state index contributed by atoms with van der Waals surface area (Å²) in [5, 5.41) is 0. The highest BCUT2D eigenvalue weighted by Gasteiger charge is 2.13. The number of aromatic amines is 1. The predicted molar refractivity (Wildman–Crippen MR) is 63.9 cm³/mol. The Hall–Kier alpha value is -0.790. The van der Waals surface area contributed by atoms with Gasteiger partial charge >= 0.3 is 0 Å². The summed E-state index contributed by atoms with van der Waals surface area (Å²) < 4.78 is 2.40. The van der Waals surface area contributed by atoms with Crippen molar-refractivity contribution in [2.45, 2.75) is 65.8 Å². The van der Waals surface area contributed by atoms with Crippen LogP contribution in [0, 0.1) is 0 Å². The Bertz CT molecular complexity index is 276. The van der Waals surface area contributed by atoms with Crippen LogP contribution in [-0.4, -0.2) is 4.98 Å². The maximum absolute atomic E-state index is 3.38. The molecule has 0 unspecified atom stereocenters. The minimum Gasteiger partial charge on any atom is -0.247 e. The van der Waals surface area contributed by atoms with Crippen molar-refractivity contribution < 1.29 is 4.57 Å². The number of unbranched alkanes of at least 4 members (excludes halogenated alkanes) is 3. The Morgan fingerprint density at radius 1 is 1.07 bits per heavy atom. The summed E-state index contributed by atoms with van der Waals surface area (Å²) in [6.45, 7) is 7.90. The second-order valence-corrected chi connectivity index (χ2v) is 4.16. The van der Waals surface area contributed by atoms with Gasteiger partial charge in [0, 0.05) is 12.8 Å². The van der Waals surface area contributed by atoms with E-state index in [0.717, 1.165) is 12.8 Å². The number of H-pyrrole nitrogens is 1. The SMILES string of the molecule is CCCCCC[n+]1c[nH]c(CC)c1CC. The fraction of sp³-hybridized carbons (Fsp3) is 0.769. The monoisotopic (exact) mass is 209 g/mol. The first-order valence-electron chi connectivity index (χ1n) is 6.42. The first kappa shape index (κ1) is 12.3. The standard InChI is InChI=1S/C13H24N2/c1-4-7-8-9-10-15-11-14-12(5-2)13(15)6-3/h11H,4-10H2,1-3H3/p+1. The summed E-state index contributed by atoms with van der Waals surface area (Å²) in [7, 11) is 0. The smallest absolute Gasteiger partial charge is 0.241 e. The Balaban J connectivity index is 2.49. The van der Waals surface area contributed by atoms with E-state index < -0.39 is 0 Å². The van der Waals surface area contributed by atoms with Crippen LogP contribution < -0.4 is 4.57 Å². The average molecular weight is 209 g/mol. The molecule has 2 nitrogen and oxygen atoms in total. The Morgan fingerprint density at radius 2 is 1.87 bits per heavy atom. The van der Waals surface area contributed by atoms with Crippen molar-refractivity contribution >= 4 is 0 Å². The summed E-state index contributed by atoms with van der Waals surface area (Å²) in [5.74, 6) is 0. The molecule has 0 bridgehead atoms. The first-order valence-corrected chi connectivity index (χ1v) is 6.42. The topological polar surface area (TPSA) is 19.7 Å². The first-order chi connectivity index (χ1) is 7.33. The normalized spacial score (nSPS) is 10.9. The molecule has 1 rings (SSSR count). The third-order valence-electron chi connectivity index (χ3n) is 3.03. The van der Waals surface area contributed by atoms with Crippen LogP contribution in [0.1, 0.15) is 57.8 Å². The van der Waals surface area contributed by atoms with E-state index in [9.17, 15) is 0 Å². The molecule has 86 valence electrons. The lowest BCUT2D eigenvalue weighted by Crippen LogP contribution is -2.35. The van der Waals surface area contributed by atoms with Gasteiger partial charge in [-0.25, -0.2) is 9.55 Å². The highest BCUT2D eigenvalue weighted by molar-refractivity contribution is 5.04. The van der Waals surface area contributed by atoms with Crippen molar-refractivity contribution in [2.75, 3.05) is 0 Å². The molecule has 1 heterocycles. The number of rotatable bonds is 7. The van der Waals surface area contributed by atoms with Crippen molar-refractivity contribution in [1.82, 2.24) is 4.98 Å². The quantitative estimate of drug-likeness (QED) is 0.526. The number of nitrogens with zero attached hydrogens (tertiary/aromatic N) is 1. The van der Waals surface area contributed by atoms with Crippen LogP contribution in [0.25, 0.3) is 0 Å². The zero-order valence-corrected chi connectivity index (χ0v) is 10.5. The van der Waals surface area contributed by atoms with Gasteiger partial charge in [0.1, 0.15) is 11.4 Å². The second-order valence-electron chi connectivity index (χ2n) is 4.16. The summed E-state index contributed by atoms with van der Waals surface area (Å²) in [4.78, 5) is 3.38. The second kappa shape index (κ2) is 6.65. The molecule has 1 aromatic rings. The molecule has 15 heavy (non-hydrogen) atoms. The molecule has 0 aliphatic carbocycles. The largest absolute Gasteiger partial charge is 0.247 e. The van der Waals surface area contributed by atoms with Crippen LogP contribution in [0.2, 0.25) is 0 Å². The van der Waals surface area contributed by atoms with Crippen molar-refractivity contribution in [2.24, 2.45) is 0 Å². The molecule has 0 saturated heterocycles. The van der Waals surface area contributed by atoms with Crippen molar-refractivity contribution in [3.05, 3.63) is 17.7 Å². The lowest BCUT2D eigenvalue weighted by Gasteiger charge is -2.00. The van der Waals surface area contributed by atoms with Gasteiger partial charge in [-0.1, -0.05) is 33.6 Å². The third-order valence-corrected chi connectivity index (χ3v) is 3.03. The fourth-order valence-corrected chi connectivity index (χ4v) is 2.12. The van der Waals surface area contributed by atoms with E-state index in [1.165, 1.54) is 43.6 Å². The van der Waals surface area contributed by atoms with Crippen molar-refractivity contribution in [1.29, 1.82) is 0 Å². The average Bonchev–Trinajstić information content (AvgIpc) is 2.66. The zero-order valence-electron chi connectivity index (χ0n) is 10.5. The van der Waals surface area contributed by atoms with E-state index in [2.05, 4.69) is 36.6 Å². The number of imidazole rings is 1. The van der Waals surface area contributed by atoms with Gasteiger partial charge in [0.05, 0.1) is 6.54 Å². The van der Waals surface area contributed by atoms with Crippen LogP contribution in [0.3, 0.4) is 0 Å². The van der Waals surface area contributed by atoms with Crippen LogP contribution in [0.15, 0.2) is 6.33 Å². The van der Waals surface area contributed by atoms with Gasteiger partial charge in [-0.15, -0.1) is 0 Å². The van der Waals surface area contributed by atoms with Gasteiger partial charge in [-0.2, -0.15) is 0 Å². The molecular weight excluding hydrogens is 184 g/mol. The predicted octanol–water partition coefficient (Wildman–Crippen LogP) is 3.01. The van der Waals surface area contributed by atoms with E-state index in [-0.39, 0.29) is 0 Å². The summed E-state index contributed by atoms with van der Waals surface area (Å²) >= 11 is 0. The van der Waals surface area contributed by atoms with Crippen LogP contribution in [0.4, 0.5) is 0 Å². The molecule has 1 N–H and O–H groups in total. The summed E-state index contributed by atoms with van der Waals surface area (Å²) in [6, 6.07) is 0. The zero-order chi connectivity index (χ0) is 11.1. The molecule has 2 heteroatoms. The molecule has 0 amide bonds. The lowest BCUT2D eigenvalue weighted by atomic mass is 10.2. The number of hydrogen-bond acceptors (Lipinski definition) is 0. The Morgan fingerprint density at radius 3 is 2.47 bits per heavy atom. The highest BCUT2D eigenvalue weighted by atomic mass is 15.1. The molecule has 0 aromatic carbocycles. The van der Waals surface area contributed by atoms with E-state index >= 15 is 0 Å². The van der Waals surface area contributed by atoms with Crippen molar-refractivity contribution in [3.8, 4) is 0 Å². The number of aromatic nitrogens is 2. The van der Waals surface area contributed by atoms with Gasteiger partial charge in [-0.05, 0) is 12.8 Å².